The molecule has 1 amide bonds. The summed E-state index contributed by atoms with van der Waals surface area (Å²) in [5, 5.41) is 3.01. The maximum Gasteiger partial charge on any atom is 0.211 e. The lowest BCUT2D eigenvalue weighted by molar-refractivity contribution is -0.105. The fourth-order valence-electron chi connectivity index (χ4n) is 0.587. The number of halogens is 2. The quantitative estimate of drug-likeness (QED) is 0.573. The SMILES string of the molecule is O=CNc1cc(Cl)cnc1Cl. The zero-order chi connectivity index (χ0) is 8.27. The second kappa shape index (κ2) is 3.55. The van der Waals surface area contributed by atoms with Crippen molar-refractivity contribution in [2.75, 3.05) is 5.32 Å². The lowest BCUT2D eigenvalue weighted by Crippen LogP contribution is -1.95. The van der Waals surface area contributed by atoms with Crippen LogP contribution in [0, 0.1) is 0 Å². The van der Waals surface area contributed by atoms with Crippen molar-refractivity contribution in [3.8, 4) is 0 Å². The molecule has 0 aliphatic carbocycles. The Morgan fingerprint density at radius 2 is 2.27 bits per heavy atom. The molecule has 0 radical (unpaired) electrons. The van der Waals surface area contributed by atoms with Gasteiger partial charge in [0, 0.05) is 6.20 Å². The Balaban J connectivity index is 3.01. The first-order valence-electron chi connectivity index (χ1n) is 2.75. The summed E-state index contributed by atoms with van der Waals surface area (Å²) < 4.78 is 0. The van der Waals surface area contributed by atoms with Gasteiger partial charge < -0.3 is 5.32 Å². The molecule has 1 rings (SSSR count). The fraction of sp³-hybridized carbons (Fsp3) is 0. The number of aromatic nitrogens is 1. The molecule has 58 valence electrons. The van der Waals surface area contributed by atoms with E-state index in [-0.39, 0.29) is 5.15 Å². The Kier molecular flexibility index (Phi) is 2.68. The molecule has 1 aromatic rings. The number of rotatable bonds is 2. The van der Waals surface area contributed by atoms with Crippen LogP contribution in [0.5, 0.6) is 0 Å². The fourth-order valence-corrected chi connectivity index (χ4v) is 0.903. The van der Waals surface area contributed by atoms with Crippen molar-refractivity contribution in [2.45, 2.75) is 0 Å². The first kappa shape index (κ1) is 8.30. The largest absolute Gasteiger partial charge is 0.326 e. The third-order valence-corrected chi connectivity index (χ3v) is 1.53. The number of nitrogens with one attached hydrogen (secondary N) is 1. The van der Waals surface area contributed by atoms with Gasteiger partial charge in [0.2, 0.25) is 6.41 Å². The van der Waals surface area contributed by atoms with Crippen LogP contribution in [0.1, 0.15) is 0 Å². The van der Waals surface area contributed by atoms with Crippen LogP contribution in [0.15, 0.2) is 12.3 Å². The molecular weight excluding hydrogens is 187 g/mol. The minimum atomic E-state index is 0.224. The van der Waals surface area contributed by atoms with Crippen LogP contribution in [-0.2, 0) is 4.79 Å². The van der Waals surface area contributed by atoms with Crippen molar-refractivity contribution >= 4 is 35.3 Å². The molecule has 0 spiro atoms. The van der Waals surface area contributed by atoms with Crippen molar-refractivity contribution in [3.63, 3.8) is 0 Å². The summed E-state index contributed by atoms with van der Waals surface area (Å²) >= 11 is 11.2. The molecule has 11 heavy (non-hydrogen) atoms. The predicted molar refractivity (Wildman–Crippen MR) is 43.9 cm³/mol. The minimum absolute atomic E-state index is 0.224. The van der Waals surface area contributed by atoms with E-state index in [0.717, 1.165) is 0 Å². The lowest BCUT2D eigenvalue weighted by atomic mass is 10.4. The highest BCUT2D eigenvalue weighted by molar-refractivity contribution is 6.34. The van der Waals surface area contributed by atoms with E-state index in [1.165, 1.54) is 12.3 Å². The lowest BCUT2D eigenvalue weighted by Gasteiger charge is -1.99. The maximum atomic E-state index is 10.00. The summed E-state index contributed by atoms with van der Waals surface area (Å²) in [6.45, 7) is 0. The summed E-state index contributed by atoms with van der Waals surface area (Å²) in [6, 6.07) is 1.52. The first-order chi connectivity index (χ1) is 5.24. The van der Waals surface area contributed by atoms with E-state index >= 15 is 0 Å². The zero-order valence-corrected chi connectivity index (χ0v) is 6.86. The number of nitrogens with zero attached hydrogens (tertiary/aromatic N) is 1. The minimum Gasteiger partial charge on any atom is -0.326 e. The number of hydrogen-bond donors (Lipinski definition) is 1. The van der Waals surface area contributed by atoms with Gasteiger partial charge in [0.15, 0.2) is 5.15 Å². The third kappa shape index (κ3) is 2.06. The molecular formula is C6H4Cl2N2O. The van der Waals surface area contributed by atoms with Crippen molar-refractivity contribution in [1.82, 2.24) is 4.98 Å². The number of hydrogen-bond acceptors (Lipinski definition) is 2. The Morgan fingerprint density at radius 3 is 2.91 bits per heavy atom. The Morgan fingerprint density at radius 1 is 1.55 bits per heavy atom. The molecule has 1 N–H and O–H groups in total. The molecule has 0 aliphatic rings. The second-order valence-corrected chi connectivity index (χ2v) is 2.55. The normalized spacial score (nSPS) is 9.27. The van der Waals surface area contributed by atoms with E-state index in [4.69, 9.17) is 23.2 Å². The molecule has 0 aromatic carbocycles. The van der Waals surface area contributed by atoms with Crippen molar-refractivity contribution in [1.29, 1.82) is 0 Å². The number of carbonyl (C=O) groups excluding carboxylic acids is 1. The molecule has 0 atom stereocenters. The van der Waals surface area contributed by atoms with E-state index < -0.39 is 0 Å². The molecule has 0 unspecified atom stereocenters. The van der Waals surface area contributed by atoms with Gasteiger partial charge in [-0.25, -0.2) is 4.98 Å². The van der Waals surface area contributed by atoms with E-state index in [1.807, 2.05) is 0 Å². The van der Waals surface area contributed by atoms with Crippen LogP contribution in [0.25, 0.3) is 0 Å². The predicted octanol–water partition coefficient (Wildman–Crippen LogP) is 1.96. The highest BCUT2D eigenvalue weighted by Crippen LogP contribution is 2.21. The molecule has 0 saturated carbocycles. The average molecular weight is 191 g/mol. The number of pyridine rings is 1. The Hall–Kier alpha value is -0.800. The third-order valence-electron chi connectivity index (χ3n) is 1.02. The Labute approximate surface area is 73.3 Å². The molecule has 1 heterocycles. The highest BCUT2D eigenvalue weighted by Gasteiger charge is 1.99. The molecule has 0 bridgehead atoms. The van der Waals surface area contributed by atoms with Crippen LogP contribution < -0.4 is 5.32 Å². The number of carbonyl (C=O) groups is 1. The average Bonchev–Trinajstić information content (AvgIpc) is 1.98. The van der Waals surface area contributed by atoms with Crippen LogP contribution in [-0.4, -0.2) is 11.4 Å². The van der Waals surface area contributed by atoms with Gasteiger partial charge in [-0.3, -0.25) is 4.79 Å². The first-order valence-corrected chi connectivity index (χ1v) is 3.51. The molecule has 1 aromatic heterocycles. The van der Waals surface area contributed by atoms with Crippen LogP contribution in [0.4, 0.5) is 5.69 Å². The smallest absolute Gasteiger partial charge is 0.211 e. The summed E-state index contributed by atoms with van der Waals surface area (Å²) in [5.41, 5.74) is 0.411. The maximum absolute atomic E-state index is 10.00. The van der Waals surface area contributed by atoms with E-state index in [9.17, 15) is 4.79 Å². The molecule has 0 saturated heterocycles. The standard InChI is InChI=1S/C6H4Cl2N2O/c7-4-1-5(10-3-11)6(8)9-2-4/h1-3H,(H,10,11). The van der Waals surface area contributed by atoms with Gasteiger partial charge in [-0.05, 0) is 6.07 Å². The second-order valence-electron chi connectivity index (χ2n) is 1.75. The monoisotopic (exact) mass is 190 g/mol. The number of amides is 1. The summed E-state index contributed by atoms with van der Waals surface area (Å²) in [6.07, 6.45) is 1.92. The van der Waals surface area contributed by atoms with Crippen molar-refractivity contribution in [3.05, 3.63) is 22.4 Å². The van der Waals surface area contributed by atoms with Gasteiger partial charge in [-0.1, -0.05) is 23.2 Å². The number of anilines is 1. The summed E-state index contributed by atoms with van der Waals surface area (Å²) in [7, 11) is 0. The van der Waals surface area contributed by atoms with Gasteiger partial charge >= 0.3 is 0 Å². The van der Waals surface area contributed by atoms with Crippen molar-refractivity contribution < 1.29 is 4.79 Å². The topological polar surface area (TPSA) is 42.0 Å². The van der Waals surface area contributed by atoms with E-state index in [2.05, 4.69) is 10.3 Å². The summed E-state index contributed by atoms with van der Waals surface area (Å²) in [5.74, 6) is 0. The van der Waals surface area contributed by atoms with Gasteiger partial charge in [-0.15, -0.1) is 0 Å². The Bertz CT molecular complexity index is 277. The van der Waals surface area contributed by atoms with E-state index in [1.54, 1.807) is 0 Å². The van der Waals surface area contributed by atoms with E-state index in [0.29, 0.717) is 17.1 Å². The summed E-state index contributed by atoms with van der Waals surface area (Å²) in [4.78, 5) is 13.7. The molecule has 0 fully saturated rings. The molecule has 0 aliphatic heterocycles. The van der Waals surface area contributed by atoms with Gasteiger partial charge in [0.25, 0.3) is 0 Å². The van der Waals surface area contributed by atoms with Crippen LogP contribution in [0.2, 0.25) is 10.2 Å². The highest BCUT2D eigenvalue weighted by atomic mass is 35.5. The van der Waals surface area contributed by atoms with Crippen LogP contribution in [0.3, 0.4) is 0 Å². The van der Waals surface area contributed by atoms with Crippen LogP contribution >= 0.6 is 23.2 Å². The zero-order valence-electron chi connectivity index (χ0n) is 5.34. The molecule has 3 nitrogen and oxygen atoms in total. The van der Waals surface area contributed by atoms with Gasteiger partial charge in [-0.2, -0.15) is 0 Å². The van der Waals surface area contributed by atoms with Crippen molar-refractivity contribution in [2.24, 2.45) is 0 Å². The van der Waals surface area contributed by atoms with Gasteiger partial charge in [0.05, 0.1) is 10.7 Å². The van der Waals surface area contributed by atoms with Gasteiger partial charge in [0.1, 0.15) is 0 Å². The molecule has 5 heteroatoms.